The number of hydrogen-bond acceptors (Lipinski definition) is 5. The fraction of sp³-hybridized carbons (Fsp3) is 0.125. The van der Waals surface area contributed by atoms with Gasteiger partial charge in [-0.1, -0.05) is 35.6 Å². The number of thiophene rings is 1. The van der Waals surface area contributed by atoms with Gasteiger partial charge in [-0.15, -0.1) is 11.3 Å². The van der Waals surface area contributed by atoms with Gasteiger partial charge < -0.3 is 4.74 Å². The van der Waals surface area contributed by atoms with Gasteiger partial charge >= 0.3 is 0 Å². The number of amides is 1. The molecule has 118 valence electrons. The van der Waals surface area contributed by atoms with Crippen molar-refractivity contribution in [3.05, 3.63) is 50.0 Å². The first-order valence-corrected chi connectivity index (χ1v) is 9.09. The molecule has 1 aromatic heterocycles. The van der Waals surface area contributed by atoms with Crippen LogP contribution in [0.4, 0.5) is 5.69 Å². The van der Waals surface area contributed by atoms with Gasteiger partial charge in [-0.2, -0.15) is 0 Å². The second kappa shape index (κ2) is 6.65. The van der Waals surface area contributed by atoms with Crippen molar-refractivity contribution in [3.63, 3.8) is 0 Å². The maximum atomic E-state index is 12.7. The Morgan fingerprint density at radius 3 is 2.70 bits per heavy atom. The number of nitrogens with zero attached hydrogens (tertiary/aromatic N) is 1. The quantitative estimate of drug-likeness (QED) is 0.544. The van der Waals surface area contributed by atoms with Crippen LogP contribution in [0.1, 0.15) is 9.75 Å². The minimum absolute atomic E-state index is 0.132. The first-order chi connectivity index (χ1) is 11.0. The second-order valence-corrected chi connectivity index (χ2v) is 8.19. The molecule has 0 aliphatic carbocycles. The van der Waals surface area contributed by atoms with Gasteiger partial charge in [-0.05, 0) is 43.3 Å². The van der Waals surface area contributed by atoms with E-state index in [2.05, 4.69) is 0 Å². The summed E-state index contributed by atoms with van der Waals surface area (Å²) in [6.45, 7) is 2.03. The maximum Gasteiger partial charge on any atom is 0.270 e. The minimum atomic E-state index is -0.132. The molecule has 23 heavy (non-hydrogen) atoms. The maximum absolute atomic E-state index is 12.7. The molecule has 2 heterocycles. The Morgan fingerprint density at radius 2 is 2.09 bits per heavy atom. The molecule has 1 aromatic carbocycles. The van der Waals surface area contributed by atoms with Gasteiger partial charge in [0.25, 0.3) is 5.91 Å². The molecule has 1 saturated heterocycles. The highest BCUT2D eigenvalue weighted by Crippen LogP contribution is 2.38. The van der Waals surface area contributed by atoms with Crippen molar-refractivity contribution >= 4 is 68.9 Å². The topological polar surface area (TPSA) is 29.5 Å². The number of rotatable bonds is 3. The summed E-state index contributed by atoms with van der Waals surface area (Å²) in [5.41, 5.74) is 0.643. The average molecular weight is 382 g/mol. The van der Waals surface area contributed by atoms with Crippen LogP contribution in [0.2, 0.25) is 5.02 Å². The van der Waals surface area contributed by atoms with Crippen LogP contribution in [-0.4, -0.2) is 17.3 Å². The number of thiocarbonyl (C=S) groups is 1. The first kappa shape index (κ1) is 16.5. The highest BCUT2D eigenvalue weighted by atomic mass is 35.5. The van der Waals surface area contributed by atoms with Gasteiger partial charge in [0.2, 0.25) is 0 Å². The van der Waals surface area contributed by atoms with Crippen molar-refractivity contribution in [1.29, 1.82) is 0 Å². The Hall–Kier alpha value is -1.34. The third kappa shape index (κ3) is 3.30. The molecule has 1 aliphatic heterocycles. The highest BCUT2D eigenvalue weighted by molar-refractivity contribution is 8.27. The Kier molecular flexibility index (Phi) is 4.77. The molecule has 1 aliphatic rings. The third-order valence-corrected chi connectivity index (χ3v) is 5.77. The molecule has 2 aromatic rings. The number of halogens is 1. The first-order valence-electron chi connectivity index (χ1n) is 6.67. The standard InChI is InChI=1S/C16H12ClNO2S3/c1-9-3-5-11(22-9)8-14-15(19)18(16(21)23-14)10-4-6-13(20-2)12(17)7-10/h3-8H,1-2H3/b14-8+. The summed E-state index contributed by atoms with van der Waals surface area (Å²) in [6, 6.07) is 9.21. The Labute approximate surface area is 152 Å². The van der Waals surface area contributed by atoms with E-state index in [0.717, 1.165) is 4.88 Å². The van der Waals surface area contributed by atoms with Crippen molar-refractivity contribution in [3.8, 4) is 5.75 Å². The molecular formula is C16H12ClNO2S3. The normalized spacial score (nSPS) is 16.5. The predicted octanol–water partition coefficient (Wildman–Crippen LogP) is 5.12. The molecule has 3 rings (SSSR count). The number of benzene rings is 1. The number of anilines is 1. The molecule has 0 saturated carbocycles. The van der Waals surface area contributed by atoms with Crippen molar-refractivity contribution in [2.75, 3.05) is 12.0 Å². The fourth-order valence-corrected chi connectivity index (χ4v) is 4.58. The lowest BCUT2D eigenvalue weighted by molar-refractivity contribution is -0.113. The third-order valence-electron chi connectivity index (χ3n) is 3.22. The molecule has 1 fully saturated rings. The summed E-state index contributed by atoms with van der Waals surface area (Å²) >= 11 is 14.4. The number of carbonyl (C=O) groups is 1. The summed E-state index contributed by atoms with van der Waals surface area (Å²) in [5, 5.41) is 0.442. The molecule has 0 radical (unpaired) electrons. The molecule has 1 amide bonds. The molecule has 0 bridgehead atoms. The number of ether oxygens (including phenoxy) is 1. The van der Waals surface area contributed by atoms with Crippen LogP contribution in [0.15, 0.2) is 35.2 Å². The van der Waals surface area contributed by atoms with Gasteiger partial charge in [0.05, 0.1) is 22.7 Å². The lowest BCUT2D eigenvalue weighted by Crippen LogP contribution is -2.27. The Balaban J connectivity index is 1.92. The van der Waals surface area contributed by atoms with Crippen LogP contribution in [0.3, 0.4) is 0 Å². The lowest BCUT2D eigenvalue weighted by Gasteiger charge is -2.15. The minimum Gasteiger partial charge on any atom is -0.495 e. The van der Waals surface area contributed by atoms with Crippen LogP contribution < -0.4 is 9.64 Å². The highest BCUT2D eigenvalue weighted by Gasteiger charge is 2.33. The Bertz CT molecular complexity index is 828. The molecule has 3 nitrogen and oxygen atoms in total. The van der Waals surface area contributed by atoms with E-state index in [9.17, 15) is 4.79 Å². The van der Waals surface area contributed by atoms with E-state index in [-0.39, 0.29) is 5.91 Å². The summed E-state index contributed by atoms with van der Waals surface area (Å²) in [6.07, 6.45) is 1.88. The summed E-state index contributed by atoms with van der Waals surface area (Å²) in [5.74, 6) is 0.428. The van der Waals surface area contributed by atoms with Gasteiger partial charge in [-0.3, -0.25) is 9.69 Å². The van der Waals surface area contributed by atoms with Crippen molar-refractivity contribution < 1.29 is 9.53 Å². The number of thioether (sulfide) groups is 1. The lowest BCUT2D eigenvalue weighted by atomic mass is 10.2. The SMILES string of the molecule is COc1ccc(N2C(=O)/C(=C\c3ccc(C)s3)SC2=S)cc1Cl. The second-order valence-electron chi connectivity index (χ2n) is 4.78. The zero-order valence-corrected chi connectivity index (χ0v) is 15.5. The van der Waals surface area contributed by atoms with E-state index < -0.39 is 0 Å². The molecule has 0 N–H and O–H groups in total. The van der Waals surface area contributed by atoms with E-state index in [0.29, 0.717) is 25.7 Å². The van der Waals surface area contributed by atoms with Crippen LogP contribution >= 0.6 is 46.9 Å². The fourth-order valence-electron chi connectivity index (χ4n) is 2.14. The van der Waals surface area contributed by atoms with E-state index in [1.165, 1.54) is 21.5 Å². The zero-order valence-electron chi connectivity index (χ0n) is 12.3. The van der Waals surface area contributed by atoms with E-state index in [4.69, 9.17) is 28.6 Å². The van der Waals surface area contributed by atoms with Gasteiger partial charge in [0, 0.05) is 9.75 Å². The van der Waals surface area contributed by atoms with Crippen LogP contribution in [0, 0.1) is 6.92 Å². The summed E-state index contributed by atoms with van der Waals surface area (Å²) in [4.78, 5) is 17.0. The number of hydrogen-bond donors (Lipinski definition) is 0. The van der Waals surface area contributed by atoms with Gasteiger partial charge in [0.15, 0.2) is 4.32 Å². The van der Waals surface area contributed by atoms with Crippen molar-refractivity contribution in [2.24, 2.45) is 0 Å². The Morgan fingerprint density at radius 1 is 1.30 bits per heavy atom. The van der Waals surface area contributed by atoms with Crippen LogP contribution in [0.25, 0.3) is 6.08 Å². The monoisotopic (exact) mass is 381 g/mol. The molecule has 0 atom stereocenters. The van der Waals surface area contributed by atoms with E-state index in [1.54, 1.807) is 36.6 Å². The molecule has 0 unspecified atom stereocenters. The number of aryl methyl sites for hydroxylation is 1. The zero-order chi connectivity index (χ0) is 16.6. The molecule has 7 heteroatoms. The van der Waals surface area contributed by atoms with Crippen molar-refractivity contribution in [1.82, 2.24) is 0 Å². The van der Waals surface area contributed by atoms with Gasteiger partial charge in [-0.25, -0.2) is 0 Å². The van der Waals surface area contributed by atoms with Crippen LogP contribution in [0.5, 0.6) is 5.75 Å². The largest absolute Gasteiger partial charge is 0.495 e. The van der Waals surface area contributed by atoms with Crippen LogP contribution in [-0.2, 0) is 4.79 Å². The van der Waals surface area contributed by atoms with Crippen molar-refractivity contribution in [2.45, 2.75) is 6.92 Å². The number of carbonyl (C=O) groups excluding carboxylic acids is 1. The van der Waals surface area contributed by atoms with Gasteiger partial charge in [0.1, 0.15) is 5.75 Å². The summed E-state index contributed by atoms with van der Waals surface area (Å²) in [7, 11) is 1.55. The summed E-state index contributed by atoms with van der Waals surface area (Å²) < 4.78 is 5.63. The predicted molar refractivity (Wildman–Crippen MR) is 103 cm³/mol. The smallest absolute Gasteiger partial charge is 0.270 e. The van der Waals surface area contributed by atoms with E-state index in [1.807, 2.05) is 25.1 Å². The average Bonchev–Trinajstić information content (AvgIpc) is 3.03. The molecular weight excluding hydrogens is 370 g/mol. The molecule has 0 spiro atoms. The van der Waals surface area contributed by atoms with E-state index >= 15 is 0 Å². The number of methoxy groups -OCH3 is 1.